The van der Waals surface area contributed by atoms with Crippen LogP contribution in [0.4, 0.5) is 4.79 Å². The minimum atomic E-state index is -0.497. The summed E-state index contributed by atoms with van der Waals surface area (Å²) >= 11 is 6.13. The van der Waals surface area contributed by atoms with Crippen LogP contribution in [0.25, 0.3) is 11.1 Å². The van der Waals surface area contributed by atoms with E-state index in [1.807, 2.05) is 33.0 Å². The van der Waals surface area contributed by atoms with E-state index in [9.17, 15) is 4.79 Å². The Balaban J connectivity index is 1.87. The number of amides is 1. The molecule has 144 valence electrons. The molecule has 0 saturated carbocycles. The predicted molar refractivity (Wildman–Crippen MR) is 109 cm³/mol. The fraction of sp³-hybridized carbons (Fsp3) is 0.455. The van der Waals surface area contributed by atoms with Gasteiger partial charge in [-0.15, -0.1) is 0 Å². The van der Waals surface area contributed by atoms with Gasteiger partial charge in [-0.05, 0) is 80.3 Å². The van der Waals surface area contributed by atoms with Crippen molar-refractivity contribution < 1.29 is 9.53 Å². The summed E-state index contributed by atoms with van der Waals surface area (Å²) in [5, 5.41) is 3.53. The average Bonchev–Trinajstić information content (AvgIpc) is 2.60. The van der Waals surface area contributed by atoms with E-state index in [0.717, 1.165) is 36.8 Å². The summed E-state index contributed by atoms with van der Waals surface area (Å²) in [6.45, 7) is 7.74. The summed E-state index contributed by atoms with van der Waals surface area (Å²) in [4.78, 5) is 16.4. The smallest absolute Gasteiger partial charge is 0.408 e. The first kappa shape index (κ1) is 19.7. The van der Waals surface area contributed by atoms with Crippen molar-refractivity contribution in [1.29, 1.82) is 0 Å². The number of ether oxygens (including phenoxy) is 1. The van der Waals surface area contributed by atoms with E-state index in [0.29, 0.717) is 5.15 Å². The second-order valence-electron chi connectivity index (χ2n) is 8.02. The summed E-state index contributed by atoms with van der Waals surface area (Å²) in [5.41, 5.74) is 5.40. The predicted octanol–water partition coefficient (Wildman–Crippen LogP) is 5.87. The second-order valence-corrected chi connectivity index (χ2v) is 8.41. The highest BCUT2D eigenvalue weighted by Gasteiger charge is 2.25. The molecular weight excluding hydrogens is 360 g/mol. The lowest BCUT2D eigenvalue weighted by atomic mass is 9.85. The zero-order valence-electron chi connectivity index (χ0n) is 16.4. The van der Waals surface area contributed by atoms with Gasteiger partial charge >= 0.3 is 6.09 Å². The van der Waals surface area contributed by atoms with Gasteiger partial charge < -0.3 is 10.1 Å². The Labute approximate surface area is 166 Å². The van der Waals surface area contributed by atoms with Gasteiger partial charge in [-0.2, -0.15) is 0 Å². The van der Waals surface area contributed by atoms with Crippen molar-refractivity contribution in [3.63, 3.8) is 0 Å². The first-order chi connectivity index (χ1) is 12.8. The molecule has 0 saturated heterocycles. The van der Waals surface area contributed by atoms with Crippen molar-refractivity contribution in [2.75, 3.05) is 0 Å². The van der Waals surface area contributed by atoms with E-state index in [-0.39, 0.29) is 12.1 Å². The molecule has 1 amide bonds. The van der Waals surface area contributed by atoms with Crippen LogP contribution in [0.5, 0.6) is 0 Å². The molecule has 1 aromatic heterocycles. The Morgan fingerprint density at radius 3 is 2.81 bits per heavy atom. The molecule has 1 aromatic carbocycles. The number of nitrogens with one attached hydrogen (secondary N) is 1. The Bertz CT molecular complexity index is 843. The third kappa shape index (κ3) is 4.81. The average molecular weight is 387 g/mol. The maximum Gasteiger partial charge on any atom is 0.408 e. The standard InChI is InChI=1S/C22H27ClN2O2/c1-5-14-13-24-20(23)12-18(14)16-9-10-17-15(11-16)7-6-8-19(17)25-21(26)27-22(2,3)4/h9-13,19H,5-8H2,1-4H3,(H,25,26). The molecule has 5 heteroatoms. The highest BCUT2D eigenvalue weighted by atomic mass is 35.5. The Kier molecular flexibility index (Phi) is 5.75. The first-order valence-corrected chi connectivity index (χ1v) is 9.91. The van der Waals surface area contributed by atoms with Crippen LogP contribution < -0.4 is 5.32 Å². The Morgan fingerprint density at radius 1 is 1.33 bits per heavy atom. The molecule has 0 spiro atoms. The van der Waals surface area contributed by atoms with E-state index in [4.69, 9.17) is 16.3 Å². The van der Waals surface area contributed by atoms with Crippen LogP contribution in [-0.2, 0) is 17.6 Å². The highest BCUT2D eigenvalue weighted by Crippen LogP contribution is 2.34. The molecule has 3 rings (SSSR count). The van der Waals surface area contributed by atoms with Crippen molar-refractivity contribution in [2.45, 2.75) is 65.0 Å². The van der Waals surface area contributed by atoms with Gasteiger partial charge in [-0.25, -0.2) is 9.78 Å². The van der Waals surface area contributed by atoms with Crippen LogP contribution in [-0.4, -0.2) is 16.7 Å². The van der Waals surface area contributed by atoms with E-state index < -0.39 is 5.60 Å². The van der Waals surface area contributed by atoms with Crippen LogP contribution >= 0.6 is 11.6 Å². The number of hydrogen-bond donors (Lipinski definition) is 1. The van der Waals surface area contributed by atoms with Crippen molar-refractivity contribution in [3.8, 4) is 11.1 Å². The van der Waals surface area contributed by atoms with Crippen LogP contribution in [0.3, 0.4) is 0 Å². The molecule has 0 bridgehead atoms. The van der Waals surface area contributed by atoms with Crippen LogP contribution in [0.2, 0.25) is 5.15 Å². The zero-order chi connectivity index (χ0) is 19.6. The number of halogens is 1. The summed E-state index contributed by atoms with van der Waals surface area (Å²) in [5.74, 6) is 0. The molecule has 1 N–H and O–H groups in total. The highest BCUT2D eigenvalue weighted by molar-refractivity contribution is 6.29. The number of alkyl carbamates (subject to hydrolysis) is 1. The lowest BCUT2D eigenvalue weighted by Crippen LogP contribution is -2.36. The number of carbonyl (C=O) groups is 1. The number of aromatic nitrogens is 1. The van der Waals surface area contributed by atoms with Crippen LogP contribution in [0.1, 0.15) is 63.3 Å². The Morgan fingerprint density at radius 2 is 2.11 bits per heavy atom. The number of fused-ring (bicyclic) bond motifs is 1. The van der Waals surface area contributed by atoms with Crippen molar-refractivity contribution in [3.05, 3.63) is 52.3 Å². The largest absolute Gasteiger partial charge is 0.444 e. The van der Waals surface area contributed by atoms with E-state index in [1.165, 1.54) is 16.7 Å². The third-order valence-corrected chi connectivity index (χ3v) is 5.00. The minimum absolute atomic E-state index is 0.00989. The summed E-state index contributed by atoms with van der Waals surface area (Å²) < 4.78 is 5.42. The van der Waals surface area contributed by atoms with Crippen LogP contribution in [0, 0.1) is 0 Å². The first-order valence-electron chi connectivity index (χ1n) is 9.54. The zero-order valence-corrected chi connectivity index (χ0v) is 17.2. The van der Waals surface area contributed by atoms with E-state index in [1.54, 1.807) is 0 Å². The number of aryl methyl sites for hydroxylation is 2. The molecule has 1 aliphatic carbocycles. The van der Waals surface area contributed by atoms with Crippen molar-refractivity contribution >= 4 is 17.7 Å². The molecule has 4 nitrogen and oxygen atoms in total. The van der Waals surface area contributed by atoms with Crippen molar-refractivity contribution in [2.24, 2.45) is 0 Å². The van der Waals surface area contributed by atoms with Gasteiger partial charge in [0, 0.05) is 6.20 Å². The molecular formula is C22H27ClN2O2. The van der Waals surface area contributed by atoms with Gasteiger partial charge in [-0.1, -0.05) is 36.7 Å². The molecule has 1 heterocycles. The number of rotatable bonds is 3. The third-order valence-electron chi connectivity index (χ3n) is 4.79. The monoisotopic (exact) mass is 386 g/mol. The van der Waals surface area contributed by atoms with Gasteiger partial charge in [0.05, 0.1) is 6.04 Å². The van der Waals surface area contributed by atoms with Gasteiger partial charge in [0.25, 0.3) is 0 Å². The van der Waals surface area contributed by atoms with E-state index in [2.05, 4.69) is 35.4 Å². The second kappa shape index (κ2) is 7.89. The van der Waals surface area contributed by atoms with E-state index >= 15 is 0 Å². The SMILES string of the molecule is CCc1cnc(Cl)cc1-c1ccc2c(c1)CCCC2NC(=O)OC(C)(C)C. The number of benzene rings is 1. The lowest BCUT2D eigenvalue weighted by molar-refractivity contribution is 0.0498. The Hall–Kier alpha value is -2.07. The van der Waals surface area contributed by atoms with Crippen LogP contribution in [0.15, 0.2) is 30.5 Å². The molecule has 1 unspecified atom stereocenters. The van der Waals surface area contributed by atoms with Gasteiger partial charge in [0.15, 0.2) is 0 Å². The number of nitrogens with zero attached hydrogens (tertiary/aromatic N) is 1. The number of hydrogen-bond acceptors (Lipinski definition) is 3. The maximum atomic E-state index is 12.2. The fourth-order valence-electron chi connectivity index (χ4n) is 3.59. The molecule has 1 aliphatic rings. The quantitative estimate of drug-likeness (QED) is 0.671. The molecule has 27 heavy (non-hydrogen) atoms. The summed E-state index contributed by atoms with van der Waals surface area (Å²) in [7, 11) is 0. The topological polar surface area (TPSA) is 51.2 Å². The van der Waals surface area contributed by atoms with Gasteiger partial charge in [-0.3, -0.25) is 0 Å². The normalized spacial score (nSPS) is 16.6. The maximum absolute atomic E-state index is 12.2. The summed E-state index contributed by atoms with van der Waals surface area (Å²) in [6, 6.07) is 8.38. The number of pyridine rings is 1. The van der Waals surface area contributed by atoms with Gasteiger partial charge in [0.1, 0.15) is 10.8 Å². The minimum Gasteiger partial charge on any atom is -0.444 e. The van der Waals surface area contributed by atoms with Crippen molar-refractivity contribution in [1.82, 2.24) is 10.3 Å². The fourth-order valence-corrected chi connectivity index (χ4v) is 3.75. The number of carbonyl (C=O) groups excluding carboxylic acids is 1. The molecule has 2 aromatic rings. The molecule has 0 aliphatic heterocycles. The molecule has 1 atom stereocenters. The molecule has 0 radical (unpaired) electrons. The lowest BCUT2D eigenvalue weighted by Gasteiger charge is -2.28. The summed E-state index contributed by atoms with van der Waals surface area (Å²) in [6.07, 6.45) is 5.36. The van der Waals surface area contributed by atoms with Gasteiger partial charge in [0.2, 0.25) is 0 Å². The molecule has 0 fully saturated rings.